The fraction of sp³-hybridized carbons (Fsp3) is 0.429. The largest absolute Gasteiger partial charge is 0.326 e. The van der Waals surface area contributed by atoms with Gasteiger partial charge in [-0.2, -0.15) is 4.31 Å². The first-order valence-corrected chi connectivity index (χ1v) is 7.95. The summed E-state index contributed by atoms with van der Waals surface area (Å²) in [6.45, 7) is -0.0370. The van der Waals surface area contributed by atoms with Crippen LogP contribution in [0.2, 0.25) is 0 Å². The molecular weight excluding hydrogens is 298 g/mol. The Kier molecular flexibility index (Phi) is 4.61. The van der Waals surface area contributed by atoms with Crippen LogP contribution in [-0.2, 0) is 16.6 Å². The molecule has 0 radical (unpaired) electrons. The Labute approximate surface area is 123 Å². The minimum atomic E-state index is -4.18. The molecule has 0 saturated heterocycles. The third-order valence-corrected chi connectivity index (χ3v) is 5.15. The molecule has 7 heteroatoms. The number of rotatable bonds is 6. The van der Waals surface area contributed by atoms with E-state index in [1.54, 1.807) is 0 Å². The van der Waals surface area contributed by atoms with Gasteiger partial charge < -0.3 is 5.73 Å². The summed E-state index contributed by atoms with van der Waals surface area (Å²) in [6, 6.07) is 1.95. The molecule has 0 amide bonds. The van der Waals surface area contributed by atoms with Gasteiger partial charge in [-0.15, -0.1) is 6.42 Å². The van der Waals surface area contributed by atoms with E-state index in [2.05, 4.69) is 5.92 Å². The molecule has 0 aliphatic heterocycles. The number of terminal acetylenes is 1. The number of halogens is 2. The Morgan fingerprint density at radius 1 is 1.38 bits per heavy atom. The monoisotopic (exact) mass is 314 g/mol. The second-order valence-electron chi connectivity index (χ2n) is 5.04. The van der Waals surface area contributed by atoms with Crippen LogP contribution in [0.5, 0.6) is 0 Å². The van der Waals surface area contributed by atoms with Gasteiger partial charge in [0.2, 0.25) is 10.0 Å². The normalized spacial score (nSPS) is 15.2. The zero-order valence-corrected chi connectivity index (χ0v) is 12.2. The Hall–Kier alpha value is -1.49. The lowest BCUT2D eigenvalue weighted by Crippen LogP contribution is -2.34. The van der Waals surface area contributed by atoms with Crippen molar-refractivity contribution < 1.29 is 17.2 Å². The summed E-state index contributed by atoms with van der Waals surface area (Å²) in [6.07, 6.45) is 7.01. The van der Waals surface area contributed by atoms with Crippen LogP contribution in [0.1, 0.15) is 18.4 Å². The lowest BCUT2D eigenvalue weighted by atomic mass is 10.2. The molecule has 2 N–H and O–H groups in total. The van der Waals surface area contributed by atoms with E-state index < -0.39 is 26.6 Å². The van der Waals surface area contributed by atoms with E-state index >= 15 is 0 Å². The van der Waals surface area contributed by atoms with Gasteiger partial charge in [0.25, 0.3) is 0 Å². The number of nitrogens with zero attached hydrogens (tertiary/aromatic N) is 1. The average molecular weight is 314 g/mol. The summed E-state index contributed by atoms with van der Waals surface area (Å²) in [4.78, 5) is -0.709. The molecule has 2 rings (SSSR count). The molecule has 0 atom stereocenters. The van der Waals surface area contributed by atoms with Crippen LogP contribution in [-0.4, -0.2) is 25.8 Å². The molecule has 1 aliphatic rings. The predicted molar refractivity (Wildman–Crippen MR) is 74.6 cm³/mol. The second kappa shape index (κ2) is 6.10. The quantitative estimate of drug-likeness (QED) is 0.809. The molecule has 114 valence electrons. The molecule has 0 unspecified atom stereocenters. The third-order valence-electron chi connectivity index (χ3n) is 3.33. The van der Waals surface area contributed by atoms with Crippen LogP contribution in [0.25, 0.3) is 0 Å². The van der Waals surface area contributed by atoms with Gasteiger partial charge in [0, 0.05) is 13.1 Å². The fourth-order valence-corrected chi connectivity index (χ4v) is 3.55. The molecule has 21 heavy (non-hydrogen) atoms. The van der Waals surface area contributed by atoms with Crippen molar-refractivity contribution in [1.82, 2.24) is 4.31 Å². The standard InChI is InChI=1S/C14H16F2N2O2S/c1-2-5-18(9-10-3-4-10)21(19,20)13-7-11(8-17)6-12(15)14(13)16/h1,6-7,10H,3-5,8-9,17H2. The maximum atomic E-state index is 13.9. The number of sulfonamides is 1. The third kappa shape index (κ3) is 3.40. The molecular formula is C14H16F2N2O2S. The molecule has 1 aliphatic carbocycles. The van der Waals surface area contributed by atoms with Crippen molar-refractivity contribution in [3.05, 3.63) is 29.3 Å². The van der Waals surface area contributed by atoms with E-state index in [4.69, 9.17) is 12.2 Å². The van der Waals surface area contributed by atoms with Gasteiger partial charge in [-0.3, -0.25) is 0 Å². The molecule has 1 aromatic carbocycles. The Morgan fingerprint density at radius 2 is 2.05 bits per heavy atom. The van der Waals surface area contributed by atoms with E-state index in [0.717, 1.165) is 29.3 Å². The van der Waals surface area contributed by atoms with E-state index in [1.165, 1.54) is 0 Å². The summed E-state index contributed by atoms with van der Waals surface area (Å²) >= 11 is 0. The van der Waals surface area contributed by atoms with Crippen molar-refractivity contribution in [3.63, 3.8) is 0 Å². The van der Waals surface area contributed by atoms with Crippen molar-refractivity contribution >= 4 is 10.0 Å². The van der Waals surface area contributed by atoms with Crippen molar-refractivity contribution in [3.8, 4) is 12.3 Å². The molecule has 0 spiro atoms. The van der Waals surface area contributed by atoms with Crippen LogP contribution >= 0.6 is 0 Å². The topological polar surface area (TPSA) is 63.4 Å². The highest BCUT2D eigenvalue weighted by molar-refractivity contribution is 7.89. The minimum absolute atomic E-state index is 0.0858. The highest BCUT2D eigenvalue weighted by Gasteiger charge is 2.33. The number of hydrogen-bond acceptors (Lipinski definition) is 3. The Bertz CT molecular complexity index is 679. The van der Waals surface area contributed by atoms with E-state index in [1.807, 2.05) is 0 Å². The molecule has 0 bridgehead atoms. The van der Waals surface area contributed by atoms with Gasteiger partial charge in [0.15, 0.2) is 11.6 Å². The van der Waals surface area contributed by atoms with Gasteiger partial charge in [-0.1, -0.05) is 5.92 Å². The number of benzene rings is 1. The van der Waals surface area contributed by atoms with Gasteiger partial charge in [-0.05, 0) is 36.5 Å². The number of nitrogens with two attached hydrogens (primary N) is 1. The zero-order chi connectivity index (χ0) is 15.6. The molecule has 0 aromatic heterocycles. The first-order chi connectivity index (χ1) is 9.90. The van der Waals surface area contributed by atoms with Crippen LogP contribution in [0, 0.1) is 29.9 Å². The van der Waals surface area contributed by atoms with Gasteiger partial charge in [0.05, 0.1) is 6.54 Å². The molecule has 4 nitrogen and oxygen atoms in total. The predicted octanol–water partition coefficient (Wildman–Crippen LogP) is 1.46. The van der Waals surface area contributed by atoms with Gasteiger partial charge >= 0.3 is 0 Å². The second-order valence-corrected chi connectivity index (χ2v) is 6.95. The Balaban J connectivity index is 2.45. The van der Waals surface area contributed by atoms with Crippen molar-refractivity contribution in [2.75, 3.05) is 13.1 Å². The maximum absolute atomic E-state index is 13.9. The first kappa shape index (κ1) is 15.9. The fourth-order valence-electron chi connectivity index (χ4n) is 2.00. The molecule has 1 aromatic rings. The van der Waals surface area contributed by atoms with Crippen molar-refractivity contribution in [2.45, 2.75) is 24.3 Å². The lowest BCUT2D eigenvalue weighted by molar-refractivity contribution is 0.420. The smallest absolute Gasteiger partial charge is 0.246 e. The van der Waals surface area contributed by atoms with E-state index in [0.29, 0.717) is 0 Å². The Morgan fingerprint density at radius 3 is 2.57 bits per heavy atom. The van der Waals surface area contributed by atoms with Gasteiger partial charge in [0.1, 0.15) is 4.90 Å². The summed E-state index contributed by atoms with van der Waals surface area (Å²) in [5.74, 6) is -0.151. The highest BCUT2D eigenvalue weighted by Crippen LogP contribution is 2.32. The molecule has 0 heterocycles. The number of hydrogen-bond donors (Lipinski definition) is 1. The zero-order valence-electron chi connectivity index (χ0n) is 11.4. The van der Waals surface area contributed by atoms with Crippen LogP contribution in [0.4, 0.5) is 8.78 Å². The average Bonchev–Trinajstić information content (AvgIpc) is 3.25. The highest BCUT2D eigenvalue weighted by atomic mass is 32.2. The maximum Gasteiger partial charge on any atom is 0.246 e. The summed E-state index contributed by atoms with van der Waals surface area (Å²) in [7, 11) is -4.18. The van der Waals surface area contributed by atoms with Crippen molar-refractivity contribution in [2.24, 2.45) is 11.7 Å². The summed E-state index contributed by atoms with van der Waals surface area (Å²) in [5, 5.41) is 0. The summed E-state index contributed by atoms with van der Waals surface area (Å²) in [5.41, 5.74) is 5.58. The molecule has 1 saturated carbocycles. The summed E-state index contributed by atoms with van der Waals surface area (Å²) < 4.78 is 53.5. The van der Waals surface area contributed by atoms with Crippen molar-refractivity contribution in [1.29, 1.82) is 0 Å². The first-order valence-electron chi connectivity index (χ1n) is 6.51. The molecule has 1 fully saturated rings. The van der Waals surface area contributed by atoms with E-state index in [-0.39, 0.29) is 31.1 Å². The van der Waals surface area contributed by atoms with E-state index in [9.17, 15) is 17.2 Å². The lowest BCUT2D eigenvalue weighted by Gasteiger charge is -2.20. The van der Waals surface area contributed by atoms with Crippen LogP contribution in [0.3, 0.4) is 0 Å². The van der Waals surface area contributed by atoms with Crippen LogP contribution < -0.4 is 5.73 Å². The SMILES string of the molecule is C#CCN(CC1CC1)S(=O)(=O)c1cc(CN)cc(F)c1F. The minimum Gasteiger partial charge on any atom is -0.326 e. The van der Waals surface area contributed by atoms with Crippen LogP contribution in [0.15, 0.2) is 17.0 Å². The van der Waals surface area contributed by atoms with Gasteiger partial charge in [-0.25, -0.2) is 17.2 Å².